The molecule has 2 aromatic rings. The molecule has 0 fully saturated rings. The quantitative estimate of drug-likeness (QED) is 0.315. The van der Waals surface area contributed by atoms with E-state index in [-0.39, 0.29) is 36.7 Å². The molecule has 11 heteroatoms. The van der Waals surface area contributed by atoms with Crippen LogP contribution in [0.2, 0.25) is 0 Å². The van der Waals surface area contributed by atoms with E-state index in [0.29, 0.717) is 5.75 Å². The predicted octanol–water partition coefficient (Wildman–Crippen LogP) is 3.38. The summed E-state index contributed by atoms with van der Waals surface area (Å²) in [5.74, 6) is -0.116. The molecule has 1 unspecified atom stereocenters. The van der Waals surface area contributed by atoms with Crippen LogP contribution in [0, 0.1) is 5.92 Å². The van der Waals surface area contributed by atoms with Crippen LogP contribution in [0.5, 0.6) is 5.75 Å². The van der Waals surface area contributed by atoms with Gasteiger partial charge in [-0.25, -0.2) is 13.2 Å². The van der Waals surface area contributed by atoms with Crippen LogP contribution in [-0.4, -0.2) is 75.5 Å². The van der Waals surface area contributed by atoms with E-state index < -0.39 is 40.3 Å². The molecule has 0 saturated heterocycles. The SMILES string of the molecule is CC[C@@H](C)CN(C[C@@H](O)C(Cc1ccccc1)NC(=O)O[C@H](C)CC(=O)OC)S(=O)(=O)c1cccc(OC)c1. The van der Waals surface area contributed by atoms with Crippen LogP contribution >= 0.6 is 0 Å². The number of benzene rings is 2. The molecule has 2 N–H and O–H groups in total. The second-order valence-electron chi connectivity index (χ2n) is 9.52. The van der Waals surface area contributed by atoms with E-state index in [2.05, 4.69) is 10.1 Å². The normalized spacial score (nSPS) is 14.6. The largest absolute Gasteiger partial charge is 0.497 e. The maximum absolute atomic E-state index is 13.7. The predicted molar refractivity (Wildman–Crippen MR) is 147 cm³/mol. The van der Waals surface area contributed by atoms with Gasteiger partial charge < -0.3 is 24.6 Å². The Balaban J connectivity index is 2.31. The van der Waals surface area contributed by atoms with Crippen molar-refractivity contribution in [2.24, 2.45) is 5.92 Å². The Morgan fingerprint density at radius 1 is 1.03 bits per heavy atom. The summed E-state index contributed by atoms with van der Waals surface area (Å²) in [6.45, 7) is 5.35. The van der Waals surface area contributed by atoms with Crippen LogP contribution in [0.3, 0.4) is 0 Å². The third-order valence-corrected chi connectivity index (χ3v) is 8.17. The molecular weight excluding hydrogens is 524 g/mol. The van der Waals surface area contributed by atoms with Crippen LogP contribution in [0.25, 0.3) is 0 Å². The van der Waals surface area contributed by atoms with Crippen molar-refractivity contribution in [2.75, 3.05) is 27.3 Å². The van der Waals surface area contributed by atoms with E-state index in [9.17, 15) is 23.1 Å². The summed E-state index contributed by atoms with van der Waals surface area (Å²) in [6.07, 6.45) is -2.05. The molecule has 39 heavy (non-hydrogen) atoms. The van der Waals surface area contributed by atoms with E-state index >= 15 is 0 Å². The maximum atomic E-state index is 13.7. The molecule has 2 rings (SSSR count). The number of aliphatic hydroxyl groups excluding tert-OH is 1. The number of carbonyl (C=O) groups is 2. The molecule has 0 aliphatic heterocycles. The van der Waals surface area contributed by atoms with Crippen molar-refractivity contribution in [3.8, 4) is 5.75 Å². The molecular formula is C28H40N2O8S. The van der Waals surface area contributed by atoms with Gasteiger partial charge in [0.2, 0.25) is 10.0 Å². The van der Waals surface area contributed by atoms with Crippen molar-refractivity contribution in [3.63, 3.8) is 0 Å². The summed E-state index contributed by atoms with van der Waals surface area (Å²) >= 11 is 0. The van der Waals surface area contributed by atoms with Crippen LogP contribution in [0.15, 0.2) is 59.5 Å². The Kier molecular flexibility index (Phi) is 12.7. The van der Waals surface area contributed by atoms with E-state index in [4.69, 9.17) is 9.47 Å². The Labute approximate surface area is 231 Å². The van der Waals surface area contributed by atoms with Crippen LogP contribution < -0.4 is 10.1 Å². The first kappa shape index (κ1) is 32.1. The molecule has 216 valence electrons. The van der Waals surface area contributed by atoms with Gasteiger partial charge >= 0.3 is 12.1 Å². The lowest BCUT2D eigenvalue weighted by atomic mass is 10.0. The monoisotopic (exact) mass is 564 g/mol. The molecule has 4 atom stereocenters. The number of hydrogen-bond acceptors (Lipinski definition) is 8. The first-order valence-corrected chi connectivity index (χ1v) is 14.3. The summed E-state index contributed by atoms with van der Waals surface area (Å²) in [6, 6.07) is 14.5. The fourth-order valence-corrected chi connectivity index (χ4v) is 5.49. The summed E-state index contributed by atoms with van der Waals surface area (Å²) in [7, 11) is -1.31. The van der Waals surface area contributed by atoms with Gasteiger partial charge in [0.25, 0.3) is 0 Å². The second kappa shape index (κ2) is 15.4. The van der Waals surface area contributed by atoms with Gasteiger partial charge in [0.1, 0.15) is 11.9 Å². The standard InChI is InChI=1S/C28H40N2O8S/c1-6-20(2)18-30(39(34,35)24-14-10-13-23(17-24)36-4)19-26(31)25(16-22-11-8-7-9-12-22)29-28(33)38-21(3)15-27(32)37-5/h7-14,17,20-21,25-26,31H,6,15-16,18-19H2,1-5H3,(H,29,33)/t20-,21-,25?,26-/m1/s1. The molecule has 0 bridgehead atoms. The molecule has 0 spiro atoms. The molecule has 1 amide bonds. The van der Waals surface area contributed by atoms with Gasteiger partial charge in [-0.3, -0.25) is 4.79 Å². The van der Waals surface area contributed by atoms with Gasteiger partial charge in [0.05, 0.1) is 37.7 Å². The zero-order valence-corrected chi connectivity index (χ0v) is 24.0. The third kappa shape index (κ3) is 10.2. The Morgan fingerprint density at radius 2 is 1.72 bits per heavy atom. The number of esters is 1. The van der Waals surface area contributed by atoms with Gasteiger partial charge in [-0.2, -0.15) is 4.31 Å². The lowest BCUT2D eigenvalue weighted by Gasteiger charge is -2.31. The van der Waals surface area contributed by atoms with Crippen LogP contribution in [0.1, 0.15) is 39.2 Å². The van der Waals surface area contributed by atoms with Crippen LogP contribution in [-0.2, 0) is 30.7 Å². The molecule has 2 aromatic carbocycles. The number of amides is 1. The highest BCUT2D eigenvalue weighted by atomic mass is 32.2. The summed E-state index contributed by atoms with van der Waals surface area (Å²) < 4.78 is 43.7. The van der Waals surface area contributed by atoms with Crippen molar-refractivity contribution in [2.45, 2.75) is 63.2 Å². The average molecular weight is 565 g/mol. The summed E-state index contributed by atoms with van der Waals surface area (Å²) in [4.78, 5) is 24.2. The van der Waals surface area contributed by atoms with E-state index in [1.54, 1.807) is 19.1 Å². The van der Waals surface area contributed by atoms with E-state index in [1.165, 1.54) is 30.7 Å². The number of alkyl carbamates (subject to hydrolysis) is 1. The first-order chi connectivity index (χ1) is 18.5. The fourth-order valence-electron chi connectivity index (χ4n) is 3.87. The number of methoxy groups -OCH3 is 2. The highest BCUT2D eigenvalue weighted by Crippen LogP contribution is 2.23. The Morgan fingerprint density at radius 3 is 2.33 bits per heavy atom. The molecule has 0 radical (unpaired) electrons. The van der Waals surface area contributed by atoms with Crippen molar-refractivity contribution >= 4 is 22.1 Å². The van der Waals surface area contributed by atoms with Crippen molar-refractivity contribution < 1.29 is 37.3 Å². The third-order valence-electron chi connectivity index (χ3n) is 6.34. The van der Waals surface area contributed by atoms with Crippen molar-refractivity contribution in [3.05, 3.63) is 60.2 Å². The minimum absolute atomic E-state index is 0.0160. The minimum Gasteiger partial charge on any atom is -0.497 e. The van der Waals surface area contributed by atoms with Gasteiger partial charge in [0.15, 0.2) is 0 Å². The van der Waals surface area contributed by atoms with E-state index in [1.807, 2.05) is 44.2 Å². The van der Waals surface area contributed by atoms with Crippen molar-refractivity contribution in [1.82, 2.24) is 9.62 Å². The number of nitrogens with zero attached hydrogens (tertiary/aromatic N) is 1. The van der Waals surface area contributed by atoms with Crippen LogP contribution in [0.4, 0.5) is 4.79 Å². The van der Waals surface area contributed by atoms with Gasteiger partial charge in [-0.15, -0.1) is 0 Å². The summed E-state index contributed by atoms with van der Waals surface area (Å²) in [5.41, 5.74) is 0.827. The minimum atomic E-state index is -4.01. The number of rotatable bonds is 15. The number of carbonyl (C=O) groups excluding carboxylic acids is 2. The number of aliphatic hydroxyl groups is 1. The lowest BCUT2D eigenvalue weighted by Crippen LogP contribution is -2.51. The molecule has 0 aliphatic rings. The number of sulfonamides is 1. The Hall–Kier alpha value is -3.15. The van der Waals surface area contributed by atoms with Gasteiger partial charge in [-0.1, -0.05) is 56.7 Å². The zero-order chi connectivity index (χ0) is 29.0. The number of hydrogen-bond donors (Lipinski definition) is 2. The molecule has 0 heterocycles. The second-order valence-corrected chi connectivity index (χ2v) is 11.5. The zero-order valence-electron chi connectivity index (χ0n) is 23.2. The fraction of sp³-hybridized carbons (Fsp3) is 0.500. The van der Waals surface area contributed by atoms with Crippen molar-refractivity contribution in [1.29, 1.82) is 0 Å². The summed E-state index contributed by atoms with van der Waals surface area (Å²) in [5, 5.41) is 14.0. The Bertz CT molecular complexity index is 1160. The highest BCUT2D eigenvalue weighted by Gasteiger charge is 2.32. The molecule has 0 saturated carbocycles. The highest BCUT2D eigenvalue weighted by molar-refractivity contribution is 7.89. The molecule has 0 aliphatic carbocycles. The lowest BCUT2D eigenvalue weighted by molar-refractivity contribution is -0.142. The molecule has 10 nitrogen and oxygen atoms in total. The first-order valence-electron chi connectivity index (χ1n) is 12.9. The molecule has 0 aromatic heterocycles. The maximum Gasteiger partial charge on any atom is 0.407 e. The number of ether oxygens (including phenoxy) is 3. The smallest absolute Gasteiger partial charge is 0.407 e. The van der Waals surface area contributed by atoms with Gasteiger partial charge in [-0.05, 0) is 37.0 Å². The van der Waals surface area contributed by atoms with E-state index in [0.717, 1.165) is 12.0 Å². The number of nitrogens with one attached hydrogen (secondary N) is 1. The topological polar surface area (TPSA) is 131 Å². The van der Waals surface area contributed by atoms with Gasteiger partial charge in [0, 0.05) is 19.2 Å². The average Bonchev–Trinajstić information content (AvgIpc) is 2.92.